The average Bonchev–Trinajstić information content (AvgIpc) is 2.19. The molecule has 0 fully saturated rings. The van der Waals surface area contributed by atoms with Gasteiger partial charge in [-0.15, -0.1) is 0 Å². The molecular weight excluding hydrogens is 294 g/mol. The van der Waals surface area contributed by atoms with Crippen LogP contribution in [0, 0.1) is 10.1 Å². The summed E-state index contributed by atoms with van der Waals surface area (Å²) in [5.74, 6) is -0.974. The Bertz CT molecular complexity index is 448. The molecule has 0 saturated carbocycles. The van der Waals surface area contributed by atoms with Gasteiger partial charge in [0.1, 0.15) is 6.10 Å². The highest BCUT2D eigenvalue weighted by molar-refractivity contribution is 9.10. The van der Waals surface area contributed by atoms with Crippen molar-refractivity contribution in [2.75, 3.05) is 0 Å². The Morgan fingerprint density at radius 3 is 2.82 bits per heavy atom. The van der Waals surface area contributed by atoms with Crippen molar-refractivity contribution in [2.45, 2.75) is 19.4 Å². The lowest BCUT2D eigenvalue weighted by Gasteiger charge is -2.13. The maximum Gasteiger partial charge on any atom is 0.312 e. The lowest BCUT2D eigenvalue weighted by atomic mass is 10.2. The Hall–Kier alpha value is -1.63. The van der Waals surface area contributed by atoms with Crippen molar-refractivity contribution in [2.24, 2.45) is 0 Å². The minimum Gasteiger partial charge on any atom is -0.482 e. The monoisotopic (exact) mass is 303 g/mol. The van der Waals surface area contributed by atoms with Crippen LogP contribution in [0.25, 0.3) is 0 Å². The van der Waals surface area contributed by atoms with Gasteiger partial charge in [-0.2, -0.15) is 0 Å². The van der Waals surface area contributed by atoms with Crippen LogP contribution in [0.2, 0.25) is 0 Å². The molecule has 0 radical (unpaired) electrons. The van der Waals surface area contributed by atoms with Crippen LogP contribution in [-0.2, 0) is 4.79 Å². The number of ether oxygens (including phenoxy) is 1. The molecule has 17 heavy (non-hydrogen) atoms. The molecular formula is C10H10BrNO5. The summed E-state index contributed by atoms with van der Waals surface area (Å²) in [6.45, 7) is 1.54. The maximum atomic E-state index is 10.8. The molecule has 0 aliphatic carbocycles. The molecule has 7 heteroatoms. The van der Waals surface area contributed by atoms with Crippen molar-refractivity contribution < 1.29 is 19.6 Å². The summed E-state index contributed by atoms with van der Waals surface area (Å²) in [5, 5.41) is 19.4. The number of nitro groups is 1. The maximum absolute atomic E-state index is 10.8. The summed E-state index contributed by atoms with van der Waals surface area (Å²) < 4.78 is 5.70. The van der Waals surface area contributed by atoms with E-state index in [0.717, 1.165) is 0 Å². The number of hydrogen-bond acceptors (Lipinski definition) is 4. The number of para-hydroxylation sites is 1. The van der Waals surface area contributed by atoms with Crippen LogP contribution >= 0.6 is 15.9 Å². The molecule has 0 aliphatic heterocycles. The summed E-state index contributed by atoms with van der Waals surface area (Å²) in [5.41, 5.74) is -0.198. The minimum atomic E-state index is -1.02. The predicted octanol–water partition coefficient (Wildman–Crippen LogP) is 2.60. The van der Waals surface area contributed by atoms with Crippen LogP contribution in [0.4, 0.5) is 5.69 Å². The topological polar surface area (TPSA) is 89.7 Å². The minimum absolute atomic E-state index is 0.0475. The van der Waals surface area contributed by atoms with Gasteiger partial charge in [-0.1, -0.05) is 6.07 Å². The third kappa shape index (κ3) is 3.70. The molecule has 1 aromatic rings. The van der Waals surface area contributed by atoms with E-state index in [2.05, 4.69) is 15.9 Å². The second kappa shape index (κ2) is 5.62. The van der Waals surface area contributed by atoms with Crippen molar-refractivity contribution in [3.63, 3.8) is 0 Å². The average molecular weight is 304 g/mol. The zero-order valence-corrected chi connectivity index (χ0v) is 10.5. The third-order valence-corrected chi connectivity index (χ3v) is 2.55. The Kier molecular flexibility index (Phi) is 4.45. The number of carboxylic acids is 1. The van der Waals surface area contributed by atoms with Crippen LogP contribution in [0.15, 0.2) is 22.7 Å². The Morgan fingerprint density at radius 1 is 1.65 bits per heavy atom. The SMILES string of the molecule is CC(CC(=O)O)Oc1c(Br)cccc1[N+](=O)[O-]. The van der Waals surface area contributed by atoms with Gasteiger partial charge in [0, 0.05) is 6.07 Å². The van der Waals surface area contributed by atoms with E-state index in [0.29, 0.717) is 4.47 Å². The van der Waals surface area contributed by atoms with Crippen molar-refractivity contribution >= 4 is 27.6 Å². The Morgan fingerprint density at radius 2 is 2.29 bits per heavy atom. The van der Waals surface area contributed by atoms with E-state index in [1.165, 1.54) is 19.1 Å². The highest BCUT2D eigenvalue weighted by atomic mass is 79.9. The van der Waals surface area contributed by atoms with Gasteiger partial charge in [0.05, 0.1) is 15.8 Å². The van der Waals surface area contributed by atoms with Crippen LogP contribution in [0.3, 0.4) is 0 Å². The van der Waals surface area contributed by atoms with Crippen LogP contribution in [0.1, 0.15) is 13.3 Å². The lowest BCUT2D eigenvalue weighted by Crippen LogP contribution is -2.17. The van der Waals surface area contributed by atoms with Crippen molar-refractivity contribution in [3.8, 4) is 5.75 Å². The fourth-order valence-electron chi connectivity index (χ4n) is 1.25. The number of nitrogens with zero attached hydrogens (tertiary/aromatic N) is 1. The van der Waals surface area contributed by atoms with Gasteiger partial charge in [-0.05, 0) is 28.9 Å². The number of carbonyl (C=O) groups is 1. The summed E-state index contributed by atoms with van der Waals surface area (Å²) in [6.07, 6.45) is -0.872. The first kappa shape index (κ1) is 13.4. The van der Waals surface area contributed by atoms with Crippen LogP contribution in [-0.4, -0.2) is 22.1 Å². The first-order valence-electron chi connectivity index (χ1n) is 4.73. The van der Waals surface area contributed by atoms with E-state index < -0.39 is 17.0 Å². The lowest BCUT2D eigenvalue weighted by molar-refractivity contribution is -0.386. The summed E-state index contributed by atoms with van der Waals surface area (Å²) in [7, 11) is 0. The fraction of sp³-hybridized carbons (Fsp3) is 0.300. The first-order valence-corrected chi connectivity index (χ1v) is 5.52. The zero-order chi connectivity index (χ0) is 13.0. The van der Waals surface area contributed by atoms with Gasteiger partial charge >= 0.3 is 11.7 Å². The molecule has 1 rings (SSSR count). The number of hydrogen-bond donors (Lipinski definition) is 1. The fourth-order valence-corrected chi connectivity index (χ4v) is 1.70. The van der Waals surface area contributed by atoms with Crippen molar-refractivity contribution in [1.29, 1.82) is 0 Å². The molecule has 92 valence electrons. The summed E-state index contributed by atoms with van der Waals surface area (Å²) in [6, 6.07) is 4.40. The smallest absolute Gasteiger partial charge is 0.312 e. The molecule has 0 aliphatic rings. The number of rotatable bonds is 5. The van der Waals surface area contributed by atoms with Crippen molar-refractivity contribution in [3.05, 3.63) is 32.8 Å². The quantitative estimate of drug-likeness (QED) is 0.667. The Labute approximate surface area is 105 Å². The molecule has 0 saturated heterocycles. The van der Waals surface area contributed by atoms with Crippen molar-refractivity contribution in [1.82, 2.24) is 0 Å². The molecule has 0 bridgehead atoms. The summed E-state index contributed by atoms with van der Waals surface area (Å²) in [4.78, 5) is 20.7. The van der Waals surface area contributed by atoms with E-state index in [-0.39, 0.29) is 17.9 Å². The standard InChI is InChI=1S/C10H10BrNO5/c1-6(5-9(13)14)17-10-7(11)3-2-4-8(10)12(15)16/h2-4,6H,5H2,1H3,(H,13,14). The molecule has 0 spiro atoms. The largest absolute Gasteiger partial charge is 0.482 e. The Balaban J connectivity index is 2.96. The second-order valence-electron chi connectivity index (χ2n) is 3.37. The number of nitro benzene ring substituents is 1. The molecule has 1 unspecified atom stereocenters. The number of halogens is 1. The number of carboxylic acid groups (broad SMARTS) is 1. The summed E-state index contributed by atoms with van der Waals surface area (Å²) >= 11 is 3.13. The van der Waals surface area contributed by atoms with Crippen LogP contribution in [0.5, 0.6) is 5.75 Å². The molecule has 6 nitrogen and oxygen atoms in total. The van der Waals surface area contributed by atoms with Gasteiger partial charge in [0.2, 0.25) is 5.75 Å². The van der Waals surface area contributed by atoms with Crippen LogP contribution < -0.4 is 4.74 Å². The molecule has 0 amide bonds. The predicted molar refractivity (Wildman–Crippen MR) is 63.1 cm³/mol. The van der Waals surface area contributed by atoms with E-state index in [1.54, 1.807) is 6.07 Å². The number of aliphatic carboxylic acids is 1. The third-order valence-electron chi connectivity index (χ3n) is 1.92. The van der Waals surface area contributed by atoms with E-state index in [9.17, 15) is 14.9 Å². The van der Waals surface area contributed by atoms with Gasteiger partial charge in [0.15, 0.2) is 0 Å². The zero-order valence-electron chi connectivity index (χ0n) is 8.92. The van der Waals surface area contributed by atoms with Gasteiger partial charge < -0.3 is 9.84 Å². The van der Waals surface area contributed by atoms with E-state index >= 15 is 0 Å². The molecule has 0 heterocycles. The highest BCUT2D eigenvalue weighted by Crippen LogP contribution is 2.35. The molecule has 0 aromatic heterocycles. The van der Waals surface area contributed by atoms with E-state index in [4.69, 9.17) is 9.84 Å². The first-order chi connectivity index (χ1) is 7.91. The second-order valence-corrected chi connectivity index (χ2v) is 4.23. The van der Waals surface area contributed by atoms with E-state index in [1.807, 2.05) is 0 Å². The normalized spacial score (nSPS) is 11.9. The number of benzene rings is 1. The molecule has 1 N–H and O–H groups in total. The molecule has 1 aromatic carbocycles. The van der Waals surface area contributed by atoms with Gasteiger partial charge in [0.25, 0.3) is 0 Å². The van der Waals surface area contributed by atoms with Gasteiger partial charge in [-0.25, -0.2) is 0 Å². The molecule has 1 atom stereocenters. The highest BCUT2D eigenvalue weighted by Gasteiger charge is 2.20. The van der Waals surface area contributed by atoms with Gasteiger partial charge in [-0.3, -0.25) is 14.9 Å².